The standard InChI is InChI=1S/C19H19Cl2N3O2/c1-13-3-2-4-15(11-13)23-7-9-24(10-8-23)19(26)18(25)22-17-12-14(20)5-6-16(17)21/h2-6,11-12H,7-10H2,1H3,(H,22,25). The lowest BCUT2D eigenvalue weighted by molar-refractivity contribution is -0.143. The van der Waals surface area contributed by atoms with Crippen molar-refractivity contribution in [3.05, 3.63) is 58.1 Å². The summed E-state index contributed by atoms with van der Waals surface area (Å²) in [6.07, 6.45) is 0. The van der Waals surface area contributed by atoms with E-state index >= 15 is 0 Å². The summed E-state index contributed by atoms with van der Waals surface area (Å²) in [6.45, 7) is 4.39. The Balaban J connectivity index is 1.59. The minimum Gasteiger partial charge on any atom is -0.368 e. The van der Waals surface area contributed by atoms with Crippen molar-refractivity contribution in [1.82, 2.24) is 4.90 Å². The third-order valence-electron chi connectivity index (χ3n) is 4.30. The van der Waals surface area contributed by atoms with E-state index in [2.05, 4.69) is 35.3 Å². The second-order valence-corrected chi connectivity index (χ2v) is 7.04. The van der Waals surface area contributed by atoms with Gasteiger partial charge in [-0.1, -0.05) is 35.3 Å². The van der Waals surface area contributed by atoms with Crippen LogP contribution in [0.5, 0.6) is 0 Å². The molecule has 7 heteroatoms. The summed E-state index contributed by atoms with van der Waals surface area (Å²) in [5.74, 6) is -1.27. The predicted octanol–water partition coefficient (Wildman–Crippen LogP) is 3.59. The number of rotatable bonds is 2. The maximum absolute atomic E-state index is 12.4. The van der Waals surface area contributed by atoms with Gasteiger partial charge in [0.2, 0.25) is 0 Å². The van der Waals surface area contributed by atoms with Gasteiger partial charge in [-0.15, -0.1) is 0 Å². The lowest BCUT2D eigenvalue weighted by Crippen LogP contribution is -2.51. The van der Waals surface area contributed by atoms with Crippen molar-refractivity contribution in [2.75, 3.05) is 36.4 Å². The second-order valence-electron chi connectivity index (χ2n) is 6.20. The summed E-state index contributed by atoms with van der Waals surface area (Å²) < 4.78 is 0. The Morgan fingerprint density at radius 1 is 1.00 bits per heavy atom. The first-order valence-corrected chi connectivity index (χ1v) is 9.06. The van der Waals surface area contributed by atoms with Crippen LogP contribution in [0.2, 0.25) is 10.0 Å². The molecule has 0 saturated carbocycles. The maximum Gasteiger partial charge on any atom is 0.313 e. The highest BCUT2D eigenvalue weighted by Gasteiger charge is 2.26. The molecule has 1 aliphatic rings. The zero-order chi connectivity index (χ0) is 18.7. The number of aryl methyl sites for hydroxylation is 1. The fraction of sp³-hybridized carbons (Fsp3) is 0.263. The fourth-order valence-corrected chi connectivity index (χ4v) is 3.24. The van der Waals surface area contributed by atoms with Gasteiger partial charge in [0.1, 0.15) is 0 Å². The zero-order valence-corrected chi connectivity index (χ0v) is 15.8. The van der Waals surface area contributed by atoms with E-state index in [0.717, 1.165) is 5.69 Å². The van der Waals surface area contributed by atoms with Crippen molar-refractivity contribution >= 4 is 46.4 Å². The van der Waals surface area contributed by atoms with E-state index in [4.69, 9.17) is 23.2 Å². The monoisotopic (exact) mass is 391 g/mol. The molecule has 0 spiro atoms. The topological polar surface area (TPSA) is 52.7 Å². The van der Waals surface area contributed by atoms with Crippen LogP contribution in [0, 0.1) is 6.92 Å². The van der Waals surface area contributed by atoms with Crippen LogP contribution in [0.15, 0.2) is 42.5 Å². The van der Waals surface area contributed by atoms with Crippen LogP contribution in [-0.2, 0) is 9.59 Å². The molecule has 2 aromatic carbocycles. The Labute approximate surface area is 162 Å². The van der Waals surface area contributed by atoms with E-state index in [1.165, 1.54) is 11.6 Å². The molecular weight excluding hydrogens is 373 g/mol. The largest absolute Gasteiger partial charge is 0.368 e. The highest BCUT2D eigenvalue weighted by molar-refractivity contribution is 6.42. The molecule has 3 rings (SSSR count). The number of piperazine rings is 1. The van der Waals surface area contributed by atoms with Crippen molar-refractivity contribution < 1.29 is 9.59 Å². The smallest absolute Gasteiger partial charge is 0.313 e. The molecule has 1 saturated heterocycles. The number of carbonyl (C=O) groups excluding carboxylic acids is 2. The highest BCUT2D eigenvalue weighted by atomic mass is 35.5. The van der Waals surface area contributed by atoms with Crippen molar-refractivity contribution in [1.29, 1.82) is 0 Å². The number of carbonyl (C=O) groups is 2. The van der Waals surface area contributed by atoms with E-state index in [1.807, 2.05) is 6.07 Å². The number of benzene rings is 2. The average Bonchev–Trinajstić information content (AvgIpc) is 2.64. The lowest BCUT2D eigenvalue weighted by Gasteiger charge is -2.35. The van der Waals surface area contributed by atoms with E-state index in [9.17, 15) is 9.59 Å². The fourth-order valence-electron chi connectivity index (χ4n) is 2.91. The number of anilines is 2. The summed E-state index contributed by atoms with van der Waals surface area (Å²) in [5.41, 5.74) is 2.65. The molecule has 0 aromatic heterocycles. The van der Waals surface area contributed by atoms with Crippen LogP contribution in [-0.4, -0.2) is 42.9 Å². The van der Waals surface area contributed by atoms with Crippen molar-refractivity contribution in [2.45, 2.75) is 6.92 Å². The molecule has 1 aliphatic heterocycles. The van der Waals surface area contributed by atoms with Gasteiger partial charge in [-0.2, -0.15) is 0 Å². The summed E-state index contributed by atoms with van der Waals surface area (Å²) >= 11 is 11.9. The molecule has 136 valence electrons. The zero-order valence-electron chi connectivity index (χ0n) is 14.3. The number of halogens is 2. The number of hydrogen-bond donors (Lipinski definition) is 1. The van der Waals surface area contributed by atoms with Gasteiger partial charge in [-0.3, -0.25) is 9.59 Å². The van der Waals surface area contributed by atoms with Gasteiger partial charge < -0.3 is 15.1 Å². The van der Waals surface area contributed by atoms with Crippen LogP contribution in [0.25, 0.3) is 0 Å². The molecule has 2 aromatic rings. The van der Waals surface area contributed by atoms with Crippen molar-refractivity contribution in [3.63, 3.8) is 0 Å². The number of amides is 2. The van der Waals surface area contributed by atoms with Gasteiger partial charge >= 0.3 is 11.8 Å². The van der Waals surface area contributed by atoms with Gasteiger partial charge in [-0.25, -0.2) is 0 Å². The summed E-state index contributed by atoms with van der Waals surface area (Å²) in [5, 5.41) is 3.31. The normalized spacial score (nSPS) is 14.3. The average molecular weight is 392 g/mol. The van der Waals surface area contributed by atoms with Crippen LogP contribution in [0.1, 0.15) is 5.56 Å². The molecule has 0 bridgehead atoms. The molecule has 0 aliphatic carbocycles. The SMILES string of the molecule is Cc1cccc(N2CCN(C(=O)C(=O)Nc3cc(Cl)ccc3Cl)CC2)c1. The first-order valence-electron chi connectivity index (χ1n) is 8.31. The van der Waals surface area contributed by atoms with Gasteiger partial charge in [0, 0.05) is 36.9 Å². The van der Waals surface area contributed by atoms with Crippen molar-refractivity contribution in [3.8, 4) is 0 Å². The van der Waals surface area contributed by atoms with Crippen LogP contribution in [0.4, 0.5) is 11.4 Å². The quantitative estimate of drug-likeness (QED) is 0.795. The number of hydrogen-bond acceptors (Lipinski definition) is 3. The minimum absolute atomic E-state index is 0.330. The Hall–Kier alpha value is -2.24. The highest BCUT2D eigenvalue weighted by Crippen LogP contribution is 2.25. The summed E-state index contributed by atoms with van der Waals surface area (Å²) in [7, 11) is 0. The Kier molecular flexibility index (Phi) is 5.69. The molecule has 2 amide bonds. The summed E-state index contributed by atoms with van der Waals surface area (Å²) in [6, 6.07) is 12.9. The maximum atomic E-state index is 12.4. The number of nitrogens with one attached hydrogen (secondary N) is 1. The predicted molar refractivity (Wildman–Crippen MR) is 105 cm³/mol. The first-order chi connectivity index (χ1) is 12.4. The number of nitrogens with zero attached hydrogens (tertiary/aromatic N) is 2. The Morgan fingerprint density at radius 2 is 1.73 bits per heavy atom. The molecule has 1 N–H and O–H groups in total. The van der Waals surface area contributed by atoms with E-state index in [1.54, 1.807) is 17.0 Å². The van der Waals surface area contributed by atoms with E-state index < -0.39 is 11.8 Å². The van der Waals surface area contributed by atoms with Gasteiger partial charge in [0.05, 0.1) is 10.7 Å². The van der Waals surface area contributed by atoms with Gasteiger partial charge in [0.25, 0.3) is 0 Å². The van der Waals surface area contributed by atoms with Gasteiger partial charge in [0.15, 0.2) is 0 Å². The second kappa shape index (κ2) is 7.98. The molecule has 5 nitrogen and oxygen atoms in total. The minimum atomic E-state index is -0.710. The molecule has 0 atom stereocenters. The van der Waals surface area contributed by atoms with Gasteiger partial charge in [-0.05, 0) is 42.8 Å². The Bertz CT molecular complexity index is 833. The molecule has 26 heavy (non-hydrogen) atoms. The van der Waals surface area contributed by atoms with Crippen LogP contribution >= 0.6 is 23.2 Å². The summed E-state index contributed by atoms with van der Waals surface area (Å²) in [4.78, 5) is 28.4. The first kappa shape index (κ1) is 18.5. The van der Waals surface area contributed by atoms with E-state index in [-0.39, 0.29) is 0 Å². The van der Waals surface area contributed by atoms with Crippen molar-refractivity contribution in [2.24, 2.45) is 0 Å². The van der Waals surface area contributed by atoms with Crippen LogP contribution in [0.3, 0.4) is 0 Å². The molecule has 0 unspecified atom stereocenters. The Morgan fingerprint density at radius 3 is 2.42 bits per heavy atom. The third kappa shape index (κ3) is 4.29. The molecule has 1 fully saturated rings. The lowest BCUT2D eigenvalue weighted by atomic mass is 10.2. The molecular formula is C19H19Cl2N3O2. The third-order valence-corrected chi connectivity index (χ3v) is 4.87. The molecule has 1 heterocycles. The van der Waals surface area contributed by atoms with E-state index in [0.29, 0.717) is 41.9 Å². The molecule has 0 radical (unpaired) electrons. The van der Waals surface area contributed by atoms with Crippen LogP contribution < -0.4 is 10.2 Å².